The molecule has 1 heterocycles. The van der Waals surface area contributed by atoms with Gasteiger partial charge in [-0.2, -0.15) is 0 Å². The summed E-state index contributed by atoms with van der Waals surface area (Å²) in [5.41, 5.74) is 3.40. The summed E-state index contributed by atoms with van der Waals surface area (Å²) in [4.78, 5) is 0. The molecule has 1 saturated carbocycles. The first-order valence-electron chi connectivity index (χ1n) is 10.0. The molecule has 0 amide bonds. The van der Waals surface area contributed by atoms with Crippen LogP contribution < -0.4 is 5.32 Å². The minimum atomic E-state index is 0.408. The van der Waals surface area contributed by atoms with E-state index in [4.69, 9.17) is 0 Å². The summed E-state index contributed by atoms with van der Waals surface area (Å²) < 4.78 is 0. The van der Waals surface area contributed by atoms with Crippen molar-refractivity contribution in [3.8, 4) is 0 Å². The molecule has 2 fully saturated rings. The molecule has 1 aliphatic carbocycles. The molecule has 1 aliphatic heterocycles. The van der Waals surface area contributed by atoms with Gasteiger partial charge in [0.2, 0.25) is 0 Å². The van der Waals surface area contributed by atoms with Gasteiger partial charge in [0.05, 0.1) is 0 Å². The Labute approximate surface area is 143 Å². The molecule has 1 saturated heterocycles. The highest BCUT2D eigenvalue weighted by Gasteiger charge is 2.43. The third-order valence-corrected chi connectivity index (χ3v) is 6.54. The second kappa shape index (κ2) is 7.83. The van der Waals surface area contributed by atoms with Crippen LogP contribution in [0.5, 0.6) is 0 Å². The fourth-order valence-corrected chi connectivity index (χ4v) is 5.14. The molecular weight excluding hydrogens is 278 g/mol. The van der Waals surface area contributed by atoms with Crippen molar-refractivity contribution in [1.82, 2.24) is 5.32 Å². The lowest BCUT2D eigenvalue weighted by Crippen LogP contribution is -2.44. The van der Waals surface area contributed by atoms with Gasteiger partial charge in [-0.1, -0.05) is 68.9 Å². The average Bonchev–Trinajstić information content (AvgIpc) is 2.75. The lowest BCUT2D eigenvalue weighted by Gasteiger charge is -2.44. The minimum Gasteiger partial charge on any atom is -0.316 e. The van der Waals surface area contributed by atoms with Crippen LogP contribution in [-0.4, -0.2) is 13.1 Å². The molecule has 23 heavy (non-hydrogen) atoms. The van der Waals surface area contributed by atoms with Crippen LogP contribution in [0.2, 0.25) is 0 Å². The summed E-state index contributed by atoms with van der Waals surface area (Å²) in [6.45, 7) is 6.96. The molecule has 1 N–H and O–H groups in total. The summed E-state index contributed by atoms with van der Waals surface area (Å²) in [6.07, 6.45) is 12.7. The van der Waals surface area contributed by atoms with Crippen molar-refractivity contribution in [3.05, 3.63) is 35.4 Å². The van der Waals surface area contributed by atoms with Crippen molar-refractivity contribution in [2.45, 2.75) is 77.0 Å². The molecule has 0 aromatic heterocycles. The van der Waals surface area contributed by atoms with E-state index >= 15 is 0 Å². The lowest BCUT2D eigenvalue weighted by atomic mass is 9.61. The van der Waals surface area contributed by atoms with Gasteiger partial charge in [0.15, 0.2) is 0 Å². The van der Waals surface area contributed by atoms with Crippen LogP contribution in [0.15, 0.2) is 24.3 Å². The smallest absolute Gasteiger partial charge is 0.0106 e. The van der Waals surface area contributed by atoms with Crippen molar-refractivity contribution in [3.63, 3.8) is 0 Å². The predicted molar refractivity (Wildman–Crippen MR) is 99.9 cm³/mol. The zero-order valence-electron chi connectivity index (χ0n) is 15.2. The predicted octanol–water partition coefficient (Wildman–Crippen LogP) is 5.61. The van der Waals surface area contributed by atoms with E-state index in [1.165, 1.54) is 76.4 Å². The number of fused-ring (bicyclic) bond motifs is 1. The third kappa shape index (κ3) is 3.82. The van der Waals surface area contributed by atoms with E-state index in [1.807, 2.05) is 0 Å². The molecule has 0 spiro atoms. The number of benzene rings is 1. The Bertz CT molecular complexity index is 477. The fourth-order valence-electron chi connectivity index (χ4n) is 5.14. The van der Waals surface area contributed by atoms with Gasteiger partial charge in [0, 0.05) is 12.0 Å². The Morgan fingerprint density at radius 1 is 1.13 bits per heavy atom. The van der Waals surface area contributed by atoms with E-state index in [-0.39, 0.29) is 0 Å². The number of unbranched alkanes of at least 4 members (excludes halogenated alkanes) is 2. The van der Waals surface area contributed by atoms with Crippen LogP contribution in [0, 0.1) is 18.8 Å². The van der Waals surface area contributed by atoms with E-state index in [1.54, 1.807) is 5.56 Å². The fraction of sp³-hybridized carbons (Fsp3) is 0.727. The summed E-state index contributed by atoms with van der Waals surface area (Å²) in [5, 5.41) is 3.88. The molecule has 1 aromatic carbocycles. The van der Waals surface area contributed by atoms with Gasteiger partial charge in [-0.15, -0.1) is 0 Å². The lowest BCUT2D eigenvalue weighted by molar-refractivity contribution is 0.171. The highest BCUT2D eigenvalue weighted by atomic mass is 14.9. The van der Waals surface area contributed by atoms with Crippen molar-refractivity contribution >= 4 is 0 Å². The van der Waals surface area contributed by atoms with Gasteiger partial charge >= 0.3 is 0 Å². The van der Waals surface area contributed by atoms with Crippen molar-refractivity contribution in [1.29, 1.82) is 0 Å². The van der Waals surface area contributed by atoms with Gasteiger partial charge in [-0.25, -0.2) is 0 Å². The SMILES string of the molecule is CCCCCC1CNCC2(c3ccc(C)cc3)CCCCC2C1. The largest absolute Gasteiger partial charge is 0.316 e. The quantitative estimate of drug-likeness (QED) is 0.696. The second-order valence-corrected chi connectivity index (χ2v) is 8.19. The van der Waals surface area contributed by atoms with Crippen molar-refractivity contribution in [2.24, 2.45) is 11.8 Å². The first kappa shape index (κ1) is 17.0. The summed E-state index contributed by atoms with van der Waals surface area (Å²) in [5.74, 6) is 1.79. The molecule has 128 valence electrons. The maximum Gasteiger partial charge on any atom is 0.0106 e. The Balaban J connectivity index is 1.78. The highest BCUT2D eigenvalue weighted by molar-refractivity contribution is 5.31. The Morgan fingerprint density at radius 3 is 2.74 bits per heavy atom. The summed E-state index contributed by atoms with van der Waals surface area (Å²) >= 11 is 0. The minimum absolute atomic E-state index is 0.408. The Hall–Kier alpha value is -0.820. The van der Waals surface area contributed by atoms with Crippen LogP contribution in [0.25, 0.3) is 0 Å². The van der Waals surface area contributed by atoms with Gasteiger partial charge in [0.25, 0.3) is 0 Å². The normalized spacial score (nSPS) is 31.4. The van der Waals surface area contributed by atoms with Gasteiger partial charge < -0.3 is 5.32 Å². The average molecular weight is 314 g/mol. The molecule has 0 radical (unpaired) electrons. The molecular formula is C22H35N. The molecule has 0 bridgehead atoms. The molecule has 1 heteroatoms. The molecule has 3 unspecified atom stereocenters. The van der Waals surface area contributed by atoms with Gasteiger partial charge in [-0.05, 0) is 56.6 Å². The number of aryl methyl sites for hydroxylation is 1. The topological polar surface area (TPSA) is 12.0 Å². The van der Waals surface area contributed by atoms with E-state index in [0.717, 1.165) is 11.8 Å². The molecule has 3 rings (SSSR count). The van der Waals surface area contributed by atoms with E-state index in [2.05, 4.69) is 43.4 Å². The van der Waals surface area contributed by atoms with Crippen LogP contribution in [0.4, 0.5) is 0 Å². The molecule has 1 nitrogen and oxygen atoms in total. The van der Waals surface area contributed by atoms with Crippen LogP contribution >= 0.6 is 0 Å². The van der Waals surface area contributed by atoms with E-state index < -0.39 is 0 Å². The second-order valence-electron chi connectivity index (χ2n) is 8.19. The van der Waals surface area contributed by atoms with Gasteiger partial charge in [0.1, 0.15) is 0 Å². The zero-order chi connectivity index (χ0) is 16.1. The molecule has 1 aromatic rings. The summed E-state index contributed by atoms with van der Waals surface area (Å²) in [7, 11) is 0. The van der Waals surface area contributed by atoms with Crippen molar-refractivity contribution in [2.75, 3.05) is 13.1 Å². The van der Waals surface area contributed by atoms with Gasteiger partial charge in [-0.3, -0.25) is 0 Å². The number of rotatable bonds is 5. The maximum absolute atomic E-state index is 3.88. The Kier molecular flexibility index (Phi) is 5.80. The zero-order valence-corrected chi connectivity index (χ0v) is 15.2. The number of hydrogen-bond acceptors (Lipinski definition) is 1. The first-order chi connectivity index (χ1) is 11.2. The maximum atomic E-state index is 3.88. The first-order valence-corrected chi connectivity index (χ1v) is 10.0. The Morgan fingerprint density at radius 2 is 1.96 bits per heavy atom. The van der Waals surface area contributed by atoms with Crippen LogP contribution in [0.3, 0.4) is 0 Å². The molecule has 3 atom stereocenters. The molecule has 2 aliphatic rings. The number of hydrogen-bond donors (Lipinski definition) is 1. The van der Waals surface area contributed by atoms with Crippen LogP contribution in [-0.2, 0) is 5.41 Å². The highest BCUT2D eigenvalue weighted by Crippen LogP contribution is 2.47. The van der Waals surface area contributed by atoms with E-state index in [9.17, 15) is 0 Å². The number of nitrogens with one attached hydrogen (secondary N) is 1. The van der Waals surface area contributed by atoms with Crippen molar-refractivity contribution < 1.29 is 0 Å². The van der Waals surface area contributed by atoms with E-state index in [0.29, 0.717) is 5.41 Å². The monoisotopic (exact) mass is 313 g/mol. The standard InChI is InChI=1S/C22H35N/c1-3-4-5-8-19-15-21-9-6-7-14-22(21,17-23-16-19)20-12-10-18(2)11-13-20/h10-13,19,21,23H,3-9,14-17H2,1-2H3. The third-order valence-electron chi connectivity index (χ3n) is 6.54. The van der Waals surface area contributed by atoms with Crippen LogP contribution in [0.1, 0.15) is 75.8 Å². The summed E-state index contributed by atoms with van der Waals surface area (Å²) in [6, 6.07) is 9.48.